The number of hydrogen-bond acceptors (Lipinski definition) is 5. The molecule has 0 spiro atoms. The van der Waals surface area contributed by atoms with Crippen LogP contribution in [0.3, 0.4) is 0 Å². The van der Waals surface area contributed by atoms with Crippen LogP contribution in [0.5, 0.6) is 0 Å². The van der Waals surface area contributed by atoms with Gasteiger partial charge in [-0.15, -0.1) is 5.10 Å². The number of hydrogen-bond donors (Lipinski definition) is 3. The second-order valence-electron chi connectivity index (χ2n) is 3.76. The van der Waals surface area contributed by atoms with Crippen molar-refractivity contribution in [2.75, 3.05) is 0 Å². The second-order valence-corrected chi connectivity index (χ2v) is 4.76. The topological polar surface area (TPSA) is 109 Å². The molecular weight excluding hydrogens is 285 g/mol. The first kappa shape index (κ1) is 14.1. The standard InChI is InChI=1S/C11H12FN5O2S/c1-2-17-10(18)14-15-11(17)20-7-5-3-4-6(12)8(7)9(13)16-19/h3-5,19H,2H2,1H3,(H2,13,16)(H,14,18). The van der Waals surface area contributed by atoms with E-state index in [1.54, 1.807) is 13.0 Å². The zero-order valence-electron chi connectivity index (χ0n) is 10.5. The van der Waals surface area contributed by atoms with Crippen molar-refractivity contribution < 1.29 is 9.60 Å². The number of nitrogens with zero attached hydrogens (tertiary/aromatic N) is 3. The number of amidine groups is 1. The summed E-state index contributed by atoms with van der Waals surface area (Å²) in [6, 6.07) is 4.29. The lowest BCUT2D eigenvalue weighted by Crippen LogP contribution is -2.17. The highest BCUT2D eigenvalue weighted by Gasteiger charge is 2.17. The maximum atomic E-state index is 13.8. The average Bonchev–Trinajstić information content (AvgIpc) is 2.78. The van der Waals surface area contributed by atoms with Crippen LogP contribution >= 0.6 is 11.8 Å². The highest BCUT2D eigenvalue weighted by molar-refractivity contribution is 7.99. The first-order valence-corrected chi connectivity index (χ1v) is 6.49. The third kappa shape index (κ3) is 2.52. The van der Waals surface area contributed by atoms with Crippen molar-refractivity contribution in [1.82, 2.24) is 14.8 Å². The lowest BCUT2D eigenvalue weighted by Gasteiger charge is -2.08. The molecule has 0 aliphatic carbocycles. The maximum absolute atomic E-state index is 13.8. The van der Waals surface area contributed by atoms with E-state index in [0.29, 0.717) is 16.6 Å². The van der Waals surface area contributed by atoms with E-state index in [1.807, 2.05) is 0 Å². The fraction of sp³-hybridized carbons (Fsp3) is 0.182. The summed E-state index contributed by atoms with van der Waals surface area (Å²) in [6.07, 6.45) is 0. The van der Waals surface area contributed by atoms with Crippen LogP contribution < -0.4 is 11.4 Å². The first-order valence-electron chi connectivity index (χ1n) is 5.68. The molecule has 0 fully saturated rings. The van der Waals surface area contributed by atoms with Gasteiger partial charge in [0.15, 0.2) is 11.0 Å². The molecule has 0 unspecified atom stereocenters. The van der Waals surface area contributed by atoms with E-state index >= 15 is 0 Å². The largest absolute Gasteiger partial charge is 0.409 e. The van der Waals surface area contributed by atoms with Gasteiger partial charge in [0.2, 0.25) is 0 Å². The fourth-order valence-corrected chi connectivity index (χ4v) is 2.71. The van der Waals surface area contributed by atoms with Crippen molar-refractivity contribution in [1.29, 1.82) is 0 Å². The maximum Gasteiger partial charge on any atom is 0.343 e. The molecule has 0 aliphatic rings. The predicted molar refractivity (Wildman–Crippen MR) is 71.6 cm³/mol. The molecule has 9 heteroatoms. The molecule has 4 N–H and O–H groups in total. The van der Waals surface area contributed by atoms with E-state index in [2.05, 4.69) is 15.4 Å². The normalized spacial score (nSPS) is 11.8. The summed E-state index contributed by atoms with van der Waals surface area (Å²) >= 11 is 1.05. The molecule has 20 heavy (non-hydrogen) atoms. The molecule has 0 amide bonds. The van der Waals surface area contributed by atoms with Crippen LogP contribution in [-0.4, -0.2) is 25.8 Å². The van der Waals surface area contributed by atoms with Crippen LogP contribution in [0.2, 0.25) is 0 Å². The Balaban J connectivity index is 2.49. The highest BCUT2D eigenvalue weighted by atomic mass is 32.2. The zero-order valence-corrected chi connectivity index (χ0v) is 11.3. The van der Waals surface area contributed by atoms with Gasteiger partial charge in [0.25, 0.3) is 0 Å². The number of oxime groups is 1. The Labute approximate surface area is 117 Å². The summed E-state index contributed by atoms with van der Waals surface area (Å²) < 4.78 is 15.2. The van der Waals surface area contributed by atoms with Gasteiger partial charge in [-0.05, 0) is 30.8 Å². The average molecular weight is 297 g/mol. The van der Waals surface area contributed by atoms with E-state index < -0.39 is 5.82 Å². The Bertz CT molecular complexity index is 709. The van der Waals surface area contributed by atoms with Crippen LogP contribution in [0, 0.1) is 5.82 Å². The first-order chi connectivity index (χ1) is 9.58. The lowest BCUT2D eigenvalue weighted by atomic mass is 10.2. The van der Waals surface area contributed by atoms with Crippen LogP contribution in [0.1, 0.15) is 12.5 Å². The van der Waals surface area contributed by atoms with Crippen molar-refractivity contribution >= 4 is 17.6 Å². The monoisotopic (exact) mass is 297 g/mol. The van der Waals surface area contributed by atoms with Crippen LogP contribution in [0.4, 0.5) is 4.39 Å². The number of nitrogens with one attached hydrogen (secondary N) is 1. The molecule has 0 aliphatic heterocycles. The molecule has 0 saturated carbocycles. The third-order valence-electron chi connectivity index (χ3n) is 2.58. The van der Waals surface area contributed by atoms with Gasteiger partial charge in [0.1, 0.15) is 5.82 Å². The van der Waals surface area contributed by atoms with E-state index in [0.717, 1.165) is 11.8 Å². The van der Waals surface area contributed by atoms with Gasteiger partial charge >= 0.3 is 5.69 Å². The van der Waals surface area contributed by atoms with Gasteiger partial charge < -0.3 is 10.9 Å². The number of rotatable bonds is 4. The van der Waals surface area contributed by atoms with E-state index in [9.17, 15) is 9.18 Å². The quantitative estimate of drug-likeness (QED) is 0.337. The molecule has 2 aromatic rings. The molecule has 1 heterocycles. The highest BCUT2D eigenvalue weighted by Crippen LogP contribution is 2.29. The van der Waals surface area contributed by atoms with E-state index in [-0.39, 0.29) is 17.1 Å². The van der Waals surface area contributed by atoms with Gasteiger partial charge in [-0.1, -0.05) is 11.2 Å². The molecule has 1 aromatic carbocycles. The minimum atomic E-state index is -0.619. The van der Waals surface area contributed by atoms with Gasteiger partial charge in [0, 0.05) is 11.4 Å². The van der Waals surface area contributed by atoms with Crippen molar-refractivity contribution in [2.45, 2.75) is 23.5 Å². The molecular formula is C11H12FN5O2S. The fourth-order valence-electron chi connectivity index (χ4n) is 1.65. The molecule has 0 saturated heterocycles. The number of halogens is 1. The Morgan fingerprint density at radius 1 is 1.65 bits per heavy atom. The van der Waals surface area contributed by atoms with Gasteiger partial charge in [-0.25, -0.2) is 14.3 Å². The Morgan fingerprint density at radius 3 is 3.05 bits per heavy atom. The smallest absolute Gasteiger partial charge is 0.343 e. The molecule has 0 radical (unpaired) electrons. The van der Waals surface area contributed by atoms with Gasteiger partial charge in [-0.2, -0.15) is 0 Å². The van der Waals surface area contributed by atoms with Crippen LogP contribution in [0.25, 0.3) is 0 Å². The number of H-pyrrole nitrogens is 1. The van der Waals surface area contributed by atoms with Gasteiger partial charge in [0.05, 0.1) is 5.56 Å². The molecule has 106 valence electrons. The Hall–Kier alpha value is -2.29. The minimum absolute atomic E-state index is 0.0295. The summed E-state index contributed by atoms with van der Waals surface area (Å²) in [4.78, 5) is 11.9. The predicted octanol–water partition coefficient (Wildman–Crippen LogP) is 0.976. The van der Waals surface area contributed by atoms with E-state index in [4.69, 9.17) is 10.9 Å². The van der Waals surface area contributed by atoms with Crippen molar-refractivity contribution in [3.8, 4) is 0 Å². The minimum Gasteiger partial charge on any atom is -0.409 e. The lowest BCUT2D eigenvalue weighted by molar-refractivity contribution is 0.318. The third-order valence-corrected chi connectivity index (χ3v) is 3.63. The van der Waals surface area contributed by atoms with Crippen molar-refractivity contribution in [3.05, 3.63) is 40.1 Å². The Kier molecular flexibility index (Phi) is 4.08. The number of aromatic amines is 1. The second kappa shape index (κ2) is 5.78. The summed E-state index contributed by atoms with van der Waals surface area (Å²) in [7, 11) is 0. The summed E-state index contributed by atoms with van der Waals surface area (Å²) in [5.74, 6) is -0.960. The van der Waals surface area contributed by atoms with Crippen LogP contribution in [-0.2, 0) is 6.54 Å². The van der Waals surface area contributed by atoms with Gasteiger partial charge in [-0.3, -0.25) is 4.57 Å². The summed E-state index contributed by atoms with van der Waals surface area (Å²) in [5, 5.41) is 18.1. The molecule has 0 atom stereocenters. The SMILES string of the molecule is CCn1c(Sc2cccc(F)c2C(N)=NO)n[nH]c1=O. The van der Waals surface area contributed by atoms with Crippen molar-refractivity contribution in [2.24, 2.45) is 10.9 Å². The summed E-state index contributed by atoms with van der Waals surface area (Å²) in [5.41, 5.74) is 5.10. The molecule has 0 bridgehead atoms. The van der Waals surface area contributed by atoms with E-state index in [1.165, 1.54) is 16.7 Å². The molecule has 2 rings (SSSR count). The zero-order chi connectivity index (χ0) is 14.7. The number of benzene rings is 1. The Morgan fingerprint density at radius 2 is 2.40 bits per heavy atom. The molecule has 1 aromatic heterocycles. The van der Waals surface area contributed by atoms with Crippen molar-refractivity contribution in [3.63, 3.8) is 0 Å². The summed E-state index contributed by atoms with van der Waals surface area (Å²) in [6.45, 7) is 2.21. The molecule has 7 nitrogen and oxygen atoms in total. The van der Waals surface area contributed by atoms with Crippen LogP contribution in [0.15, 0.2) is 38.2 Å². The number of nitrogens with two attached hydrogens (primary N) is 1. The number of aromatic nitrogens is 3.